The minimum atomic E-state index is -4.67. The molecule has 1 atom stereocenters. The van der Waals surface area contributed by atoms with E-state index in [-0.39, 0.29) is 5.95 Å². The van der Waals surface area contributed by atoms with E-state index in [1.165, 1.54) is 0 Å². The van der Waals surface area contributed by atoms with Gasteiger partial charge in [0.15, 0.2) is 0 Å². The number of morpholine rings is 1. The van der Waals surface area contributed by atoms with Gasteiger partial charge >= 0.3 is 6.18 Å². The van der Waals surface area contributed by atoms with Crippen LogP contribution >= 0.6 is 11.6 Å². The largest absolute Gasteiger partial charge is 0.451 e. The van der Waals surface area contributed by atoms with Crippen molar-refractivity contribution < 1.29 is 17.9 Å². The Morgan fingerprint density at radius 3 is 2.61 bits per heavy atom. The first-order valence-corrected chi connectivity index (χ1v) is 11.9. The lowest BCUT2D eigenvalue weighted by atomic mass is 9.93. The number of hydrogen-bond donors (Lipinski definition) is 1. The standard InChI is InChI=1S/C24H21ClF3N7O/c25-15-2-3-18-17(11-15)16-5-6-35(23-31-13-30-22(33-23)24(26,27)28)21(20(16)32-18)14-1-4-19(29-12-14)34-7-9-36-10-8-34/h1-4,11-13,21,32H,5-10H2/t21-/m0/s1. The molecule has 8 nitrogen and oxygen atoms in total. The van der Waals surface area contributed by atoms with Crippen LogP contribution in [0.5, 0.6) is 0 Å². The summed E-state index contributed by atoms with van der Waals surface area (Å²) in [6.45, 7) is 3.19. The third-order valence-electron chi connectivity index (χ3n) is 6.58. The van der Waals surface area contributed by atoms with Crippen molar-refractivity contribution in [3.05, 3.63) is 70.5 Å². The molecule has 2 aliphatic heterocycles. The molecular formula is C24H21ClF3N7O. The molecule has 2 aliphatic rings. The van der Waals surface area contributed by atoms with E-state index in [1.54, 1.807) is 17.2 Å². The molecule has 5 heterocycles. The number of rotatable bonds is 3. The lowest BCUT2D eigenvalue weighted by Crippen LogP contribution is -2.38. The molecule has 0 saturated carbocycles. The van der Waals surface area contributed by atoms with Crippen molar-refractivity contribution in [2.45, 2.75) is 18.6 Å². The van der Waals surface area contributed by atoms with Crippen LogP contribution in [0, 0.1) is 0 Å². The van der Waals surface area contributed by atoms with Crippen LogP contribution in [-0.4, -0.2) is 57.8 Å². The highest BCUT2D eigenvalue weighted by Crippen LogP contribution is 2.41. The van der Waals surface area contributed by atoms with E-state index in [0.717, 1.165) is 53.0 Å². The third-order valence-corrected chi connectivity index (χ3v) is 6.82. The van der Waals surface area contributed by atoms with Crippen LogP contribution in [0.15, 0.2) is 42.9 Å². The molecule has 186 valence electrons. The quantitative estimate of drug-likeness (QED) is 0.433. The maximum absolute atomic E-state index is 13.4. The molecular weight excluding hydrogens is 495 g/mol. The number of ether oxygens (including phenoxy) is 1. The van der Waals surface area contributed by atoms with Crippen molar-refractivity contribution in [1.29, 1.82) is 0 Å². The predicted octanol–water partition coefficient (Wildman–Crippen LogP) is 4.41. The van der Waals surface area contributed by atoms with Crippen LogP contribution in [0.25, 0.3) is 10.9 Å². The lowest BCUT2D eigenvalue weighted by Gasteiger charge is -2.36. The topological polar surface area (TPSA) is 83.1 Å². The molecule has 1 fully saturated rings. The van der Waals surface area contributed by atoms with Crippen molar-refractivity contribution in [3.8, 4) is 0 Å². The monoisotopic (exact) mass is 515 g/mol. The Bertz CT molecular complexity index is 1400. The molecule has 0 radical (unpaired) electrons. The van der Waals surface area contributed by atoms with E-state index in [9.17, 15) is 13.2 Å². The number of halogens is 4. The van der Waals surface area contributed by atoms with Gasteiger partial charge in [0.05, 0.1) is 19.3 Å². The zero-order valence-electron chi connectivity index (χ0n) is 19.0. The van der Waals surface area contributed by atoms with Crippen LogP contribution in [-0.2, 0) is 17.3 Å². The number of aromatic amines is 1. The molecule has 36 heavy (non-hydrogen) atoms. The van der Waals surface area contributed by atoms with Gasteiger partial charge in [-0.25, -0.2) is 15.0 Å². The number of nitrogens with zero attached hydrogens (tertiary/aromatic N) is 6. The number of alkyl halides is 3. The summed E-state index contributed by atoms with van der Waals surface area (Å²) < 4.78 is 45.6. The van der Waals surface area contributed by atoms with E-state index in [1.807, 2.05) is 24.3 Å². The molecule has 1 aromatic carbocycles. The van der Waals surface area contributed by atoms with Crippen LogP contribution in [0.2, 0.25) is 5.02 Å². The summed E-state index contributed by atoms with van der Waals surface area (Å²) in [5, 5.41) is 1.61. The SMILES string of the molecule is FC(F)(F)c1ncnc(N2CCc3c([nH]c4ccc(Cl)cc34)[C@@H]2c2ccc(N3CCOCC3)nc2)n1. The number of anilines is 2. The maximum Gasteiger partial charge on any atom is 0.451 e. The van der Waals surface area contributed by atoms with Gasteiger partial charge in [-0.3, -0.25) is 0 Å². The first-order chi connectivity index (χ1) is 17.4. The van der Waals surface area contributed by atoms with Gasteiger partial charge in [-0.2, -0.15) is 18.2 Å². The molecule has 6 rings (SSSR count). The fourth-order valence-electron chi connectivity index (χ4n) is 4.92. The van der Waals surface area contributed by atoms with Gasteiger partial charge in [0.2, 0.25) is 11.8 Å². The number of nitrogens with one attached hydrogen (secondary N) is 1. The van der Waals surface area contributed by atoms with Crippen LogP contribution in [0.4, 0.5) is 24.9 Å². The number of pyridine rings is 1. The van der Waals surface area contributed by atoms with Gasteiger partial charge in [-0.1, -0.05) is 17.7 Å². The number of benzene rings is 1. The zero-order valence-corrected chi connectivity index (χ0v) is 19.7. The van der Waals surface area contributed by atoms with E-state index >= 15 is 0 Å². The van der Waals surface area contributed by atoms with Crippen molar-refractivity contribution in [2.24, 2.45) is 0 Å². The minimum Gasteiger partial charge on any atom is -0.378 e. The van der Waals surface area contributed by atoms with Crippen LogP contribution in [0.1, 0.15) is 28.7 Å². The highest BCUT2D eigenvalue weighted by Gasteiger charge is 2.38. The Morgan fingerprint density at radius 1 is 1.03 bits per heavy atom. The predicted molar refractivity (Wildman–Crippen MR) is 128 cm³/mol. The molecule has 0 bridgehead atoms. The third kappa shape index (κ3) is 4.11. The Labute approximate surface area is 209 Å². The first kappa shape index (κ1) is 23.0. The Hall–Kier alpha value is -3.44. The Kier molecular flexibility index (Phi) is 5.68. The van der Waals surface area contributed by atoms with Gasteiger partial charge < -0.3 is 19.5 Å². The molecule has 0 spiro atoms. The van der Waals surface area contributed by atoms with Crippen molar-refractivity contribution >= 4 is 34.3 Å². The maximum atomic E-state index is 13.4. The summed E-state index contributed by atoms with van der Waals surface area (Å²) in [4.78, 5) is 23.3. The Morgan fingerprint density at radius 2 is 1.86 bits per heavy atom. The molecule has 0 unspecified atom stereocenters. The smallest absolute Gasteiger partial charge is 0.378 e. The van der Waals surface area contributed by atoms with Crippen molar-refractivity contribution in [2.75, 3.05) is 42.6 Å². The normalized spacial score (nSPS) is 18.5. The average Bonchev–Trinajstić information content (AvgIpc) is 3.26. The number of H-pyrrole nitrogens is 1. The average molecular weight is 516 g/mol. The molecule has 0 amide bonds. The Balaban J connectivity index is 1.45. The number of hydrogen-bond acceptors (Lipinski definition) is 7. The highest BCUT2D eigenvalue weighted by atomic mass is 35.5. The van der Waals surface area contributed by atoms with Gasteiger partial charge in [-0.15, -0.1) is 0 Å². The van der Waals surface area contributed by atoms with Gasteiger partial charge in [0.25, 0.3) is 0 Å². The summed E-state index contributed by atoms with van der Waals surface area (Å²) in [5.41, 5.74) is 3.63. The summed E-state index contributed by atoms with van der Waals surface area (Å²) in [7, 11) is 0. The first-order valence-electron chi connectivity index (χ1n) is 11.5. The second kappa shape index (κ2) is 8.90. The molecule has 3 aromatic heterocycles. The minimum absolute atomic E-state index is 0.0399. The van der Waals surface area contributed by atoms with E-state index in [4.69, 9.17) is 16.3 Å². The summed E-state index contributed by atoms with van der Waals surface area (Å²) in [6, 6.07) is 9.02. The van der Waals surface area contributed by atoms with Gasteiger partial charge in [0, 0.05) is 47.5 Å². The fraction of sp³-hybridized carbons (Fsp3) is 0.333. The van der Waals surface area contributed by atoms with Crippen molar-refractivity contribution in [1.82, 2.24) is 24.9 Å². The zero-order chi connectivity index (χ0) is 24.9. The summed E-state index contributed by atoms with van der Waals surface area (Å²) >= 11 is 6.27. The second-order valence-corrected chi connectivity index (χ2v) is 9.15. The second-order valence-electron chi connectivity index (χ2n) is 8.71. The summed E-state index contributed by atoms with van der Waals surface area (Å²) in [5.74, 6) is -0.434. The molecule has 0 aliphatic carbocycles. The lowest BCUT2D eigenvalue weighted by molar-refractivity contribution is -0.145. The van der Waals surface area contributed by atoms with Gasteiger partial charge in [0.1, 0.15) is 12.1 Å². The molecule has 12 heteroatoms. The number of aromatic nitrogens is 5. The van der Waals surface area contributed by atoms with Crippen LogP contribution in [0.3, 0.4) is 0 Å². The molecule has 1 N–H and O–H groups in total. The highest BCUT2D eigenvalue weighted by molar-refractivity contribution is 6.31. The van der Waals surface area contributed by atoms with Crippen molar-refractivity contribution in [3.63, 3.8) is 0 Å². The molecule has 4 aromatic rings. The molecule has 1 saturated heterocycles. The van der Waals surface area contributed by atoms with E-state index in [2.05, 4.69) is 29.8 Å². The van der Waals surface area contributed by atoms with Crippen LogP contribution < -0.4 is 9.80 Å². The fourth-order valence-corrected chi connectivity index (χ4v) is 5.10. The number of fused-ring (bicyclic) bond motifs is 3. The summed E-state index contributed by atoms with van der Waals surface area (Å²) in [6.07, 6.45) is -1.42. The van der Waals surface area contributed by atoms with E-state index in [0.29, 0.717) is 31.2 Å². The van der Waals surface area contributed by atoms with E-state index < -0.39 is 18.0 Å². The van der Waals surface area contributed by atoms with Gasteiger partial charge in [-0.05, 0) is 41.8 Å².